The molecule has 8 heteroatoms. The van der Waals surface area contributed by atoms with Crippen LogP contribution in [0.2, 0.25) is 0 Å². The highest BCUT2D eigenvalue weighted by atomic mass is 16.5. The maximum Gasteiger partial charge on any atom is 0.274 e. The Kier molecular flexibility index (Phi) is 7.25. The second-order valence-electron chi connectivity index (χ2n) is 9.36. The molecule has 8 nitrogen and oxygen atoms in total. The summed E-state index contributed by atoms with van der Waals surface area (Å²) in [6.45, 7) is 10.2. The van der Waals surface area contributed by atoms with E-state index in [1.165, 1.54) is 0 Å². The molecule has 4 heterocycles. The van der Waals surface area contributed by atoms with Gasteiger partial charge in [-0.1, -0.05) is 42.4 Å². The van der Waals surface area contributed by atoms with E-state index in [1.54, 1.807) is 0 Å². The number of aromatic nitrogens is 4. The van der Waals surface area contributed by atoms with E-state index in [-0.39, 0.29) is 11.6 Å². The quantitative estimate of drug-likeness (QED) is 0.366. The largest absolute Gasteiger partial charge is 0.379 e. The minimum Gasteiger partial charge on any atom is -0.379 e. The van der Waals surface area contributed by atoms with Gasteiger partial charge in [-0.25, -0.2) is 9.97 Å². The topological polar surface area (TPSA) is 86.3 Å². The monoisotopic (exact) mass is 487 g/mol. The van der Waals surface area contributed by atoms with Crippen LogP contribution in [0.3, 0.4) is 0 Å². The normalized spacial score (nSPS) is 15.4. The van der Waals surface area contributed by atoms with E-state index in [4.69, 9.17) is 19.2 Å². The van der Waals surface area contributed by atoms with E-state index < -0.39 is 0 Å². The van der Waals surface area contributed by atoms with E-state index in [1.807, 2.05) is 48.7 Å². The maximum absolute atomic E-state index is 14.0. The summed E-state index contributed by atoms with van der Waals surface area (Å²) in [6.07, 6.45) is 2.26. The number of hydrogen-bond donors (Lipinski definition) is 0. The van der Waals surface area contributed by atoms with Crippen molar-refractivity contribution in [3.05, 3.63) is 75.5 Å². The Balaban J connectivity index is 1.59. The molecule has 0 radical (unpaired) electrons. The summed E-state index contributed by atoms with van der Waals surface area (Å²) in [6, 6.07) is 13.9. The Morgan fingerprint density at radius 1 is 1.03 bits per heavy atom. The first-order valence-corrected chi connectivity index (χ1v) is 12.8. The molecule has 1 aliphatic rings. The number of morpholine rings is 1. The van der Waals surface area contributed by atoms with Crippen LogP contribution < -0.4 is 5.56 Å². The highest BCUT2D eigenvalue weighted by molar-refractivity contribution is 5.76. The van der Waals surface area contributed by atoms with Crippen LogP contribution >= 0.6 is 0 Å². The number of aryl methyl sites for hydroxylation is 3. The molecule has 1 aromatic carbocycles. The Bertz CT molecular complexity index is 1370. The Morgan fingerprint density at radius 2 is 1.81 bits per heavy atom. The smallest absolute Gasteiger partial charge is 0.274 e. The van der Waals surface area contributed by atoms with Gasteiger partial charge in [0.05, 0.1) is 36.2 Å². The summed E-state index contributed by atoms with van der Waals surface area (Å²) < 4.78 is 12.7. The zero-order valence-electron chi connectivity index (χ0n) is 21.2. The summed E-state index contributed by atoms with van der Waals surface area (Å²) in [5.41, 5.74) is 5.29. The van der Waals surface area contributed by atoms with Gasteiger partial charge in [-0.05, 0) is 57.4 Å². The van der Waals surface area contributed by atoms with Crippen LogP contribution in [0.1, 0.15) is 48.5 Å². The molecule has 0 N–H and O–H groups in total. The number of rotatable bonds is 8. The number of hydrogen-bond acceptors (Lipinski definition) is 7. The van der Waals surface area contributed by atoms with Crippen LogP contribution in [-0.2, 0) is 11.2 Å². The summed E-state index contributed by atoms with van der Waals surface area (Å²) in [4.78, 5) is 26.1. The molecule has 36 heavy (non-hydrogen) atoms. The molecule has 0 amide bonds. The molecule has 1 saturated heterocycles. The summed E-state index contributed by atoms with van der Waals surface area (Å²) >= 11 is 0. The highest BCUT2D eigenvalue weighted by Crippen LogP contribution is 2.29. The van der Waals surface area contributed by atoms with Crippen molar-refractivity contribution in [3.63, 3.8) is 0 Å². The fraction of sp³-hybridized carbons (Fsp3) is 0.429. The van der Waals surface area contributed by atoms with Crippen molar-refractivity contribution in [2.45, 2.75) is 46.1 Å². The van der Waals surface area contributed by atoms with E-state index in [0.29, 0.717) is 23.5 Å². The molecule has 0 spiro atoms. The average Bonchev–Trinajstić information content (AvgIpc) is 3.25. The molecule has 0 unspecified atom stereocenters. The second kappa shape index (κ2) is 10.7. The SMILES string of the molecule is CC[C@H](c1ccccc1)n1c(=O)c(CCCN2CCOCC2)nc2ccc(-c3c(C)noc3C)nc21. The number of fused-ring (bicyclic) bond motifs is 1. The Labute approximate surface area is 210 Å². The molecule has 0 aliphatic carbocycles. The molecule has 1 fully saturated rings. The lowest BCUT2D eigenvalue weighted by Crippen LogP contribution is -2.37. The van der Waals surface area contributed by atoms with Gasteiger partial charge in [-0.3, -0.25) is 14.3 Å². The fourth-order valence-corrected chi connectivity index (χ4v) is 5.11. The van der Waals surface area contributed by atoms with E-state index in [0.717, 1.165) is 73.7 Å². The second-order valence-corrected chi connectivity index (χ2v) is 9.36. The number of nitrogens with zero attached hydrogens (tertiary/aromatic N) is 5. The summed E-state index contributed by atoms with van der Waals surface area (Å²) in [5.74, 6) is 0.705. The average molecular weight is 488 g/mol. The zero-order valence-corrected chi connectivity index (χ0v) is 21.2. The van der Waals surface area contributed by atoms with Crippen molar-refractivity contribution < 1.29 is 9.26 Å². The number of benzene rings is 1. The van der Waals surface area contributed by atoms with Crippen LogP contribution in [0.25, 0.3) is 22.4 Å². The third-order valence-corrected chi connectivity index (χ3v) is 6.97. The Hall–Kier alpha value is -3.36. The maximum atomic E-state index is 14.0. The van der Waals surface area contributed by atoms with E-state index in [9.17, 15) is 4.79 Å². The van der Waals surface area contributed by atoms with Gasteiger partial charge in [0.2, 0.25) is 0 Å². The van der Waals surface area contributed by atoms with Gasteiger partial charge in [-0.15, -0.1) is 0 Å². The molecule has 1 atom stereocenters. The van der Waals surface area contributed by atoms with Gasteiger partial charge in [0.1, 0.15) is 17.0 Å². The summed E-state index contributed by atoms with van der Waals surface area (Å²) in [5, 5.41) is 4.09. The van der Waals surface area contributed by atoms with Crippen molar-refractivity contribution in [2.75, 3.05) is 32.8 Å². The molecule has 0 bridgehead atoms. The lowest BCUT2D eigenvalue weighted by Gasteiger charge is -2.26. The van der Waals surface area contributed by atoms with Crippen LogP contribution in [-0.4, -0.2) is 57.4 Å². The van der Waals surface area contributed by atoms with Crippen molar-refractivity contribution in [1.82, 2.24) is 24.6 Å². The minimum atomic E-state index is -0.144. The minimum absolute atomic E-state index is 0.0661. The first-order chi connectivity index (χ1) is 17.6. The van der Waals surface area contributed by atoms with Gasteiger partial charge in [-0.2, -0.15) is 0 Å². The van der Waals surface area contributed by atoms with Crippen molar-refractivity contribution in [2.24, 2.45) is 0 Å². The zero-order chi connectivity index (χ0) is 25.1. The molecule has 3 aromatic heterocycles. The molecular weight excluding hydrogens is 454 g/mol. The molecule has 0 saturated carbocycles. The number of pyridine rings is 1. The molecule has 4 aromatic rings. The van der Waals surface area contributed by atoms with Gasteiger partial charge >= 0.3 is 0 Å². The first-order valence-electron chi connectivity index (χ1n) is 12.8. The van der Waals surface area contributed by atoms with Gasteiger partial charge < -0.3 is 9.26 Å². The van der Waals surface area contributed by atoms with Gasteiger partial charge in [0.25, 0.3) is 5.56 Å². The highest BCUT2D eigenvalue weighted by Gasteiger charge is 2.22. The van der Waals surface area contributed by atoms with E-state index >= 15 is 0 Å². The van der Waals surface area contributed by atoms with Crippen LogP contribution in [0.5, 0.6) is 0 Å². The van der Waals surface area contributed by atoms with Crippen LogP contribution in [0.15, 0.2) is 51.8 Å². The first kappa shape index (κ1) is 24.3. The molecule has 5 rings (SSSR count). The lowest BCUT2D eigenvalue weighted by molar-refractivity contribution is 0.0374. The van der Waals surface area contributed by atoms with Crippen molar-refractivity contribution >= 4 is 11.2 Å². The third-order valence-electron chi connectivity index (χ3n) is 6.97. The number of ether oxygens (including phenoxy) is 1. The summed E-state index contributed by atoms with van der Waals surface area (Å²) in [7, 11) is 0. The van der Waals surface area contributed by atoms with Crippen molar-refractivity contribution in [3.8, 4) is 11.3 Å². The fourth-order valence-electron chi connectivity index (χ4n) is 5.11. The predicted octanol–water partition coefficient (Wildman–Crippen LogP) is 4.33. The van der Waals surface area contributed by atoms with Gasteiger partial charge in [0, 0.05) is 13.1 Å². The Morgan fingerprint density at radius 3 is 2.50 bits per heavy atom. The van der Waals surface area contributed by atoms with Crippen molar-refractivity contribution in [1.29, 1.82) is 0 Å². The standard InChI is InChI=1S/C28H33N5O3/c1-4-25(21-9-6-5-7-10-21)33-27-23(13-12-22(30-27)26-19(2)31-36-20(26)3)29-24(28(33)34)11-8-14-32-15-17-35-18-16-32/h5-7,9-10,12-13,25H,4,8,11,14-18H2,1-3H3/t25-/m1/s1. The third kappa shape index (κ3) is 4.83. The molecular formula is C28H33N5O3. The lowest BCUT2D eigenvalue weighted by atomic mass is 10.0. The predicted molar refractivity (Wildman–Crippen MR) is 139 cm³/mol. The van der Waals surface area contributed by atoms with Crippen LogP contribution in [0, 0.1) is 13.8 Å². The van der Waals surface area contributed by atoms with Crippen LogP contribution in [0.4, 0.5) is 0 Å². The van der Waals surface area contributed by atoms with Gasteiger partial charge in [0.15, 0.2) is 5.65 Å². The molecule has 188 valence electrons. The molecule has 1 aliphatic heterocycles. The van der Waals surface area contributed by atoms with E-state index in [2.05, 4.69) is 29.1 Å².